The van der Waals surface area contributed by atoms with Gasteiger partial charge >= 0.3 is 0 Å². The summed E-state index contributed by atoms with van der Waals surface area (Å²) in [5.41, 5.74) is 0.847. The molecule has 0 aromatic carbocycles. The van der Waals surface area contributed by atoms with Gasteiger partial charge in [0.05, 0.1) is 30.4 Å². The van der Waals surface area contributed by atoms with Crippen molar-refractivity contribution in [3.63, 3.8) is 0 Å². The first kappa shape index (κ1) is 17.6. The average Bonchev–Trinajstić information content (AvgIpc) is 3.16. The van der Waals surface area contributed by atoms with E-state index in [1.54, 1.807) is 20.2 Å². The van der Waals surface area contributed by atoms with Gasteiger partial charge in [0.2, 0.25) is 0 Å². The number of aromatic nitrogens is 3. The minimum Gasteiger partial charge on any atom is -0.389 e. The Labute approximate surface area is 146 Å². The number of aliphatic hydroxyl groups is 1. The third kappa shape index (κ3) is 3.45. The zero-order valence-electron chi connectivity index (χ0n) is 14.7. The van der Waals surface area contributed by atoms with E-state index in [0.29, 0.717) is 17.7 Å². The number of aryl methyl sites for hydroxylation is 2. The highest BCUT2D eigenvalue weighted by Crippen LogP contribution is 2.30. The fourth-order valence-electron chi connectivity index (χ4n) is 3.48. The maximum absolute atomic E-state index is 12.6. The highest BCUT2D eigenvalue weighted by Gasteiger charge is 2.35. The molecule has 2 aromatic rings. The van der Waals surface area contributed by atoms with Gasteiger partial charge in [0.25, 0.3) is 5.91 Å². The molecule has 0 spiro atoms. The summed E-state index contributed by atoms with van der Waals surface area (Å²) in [5, 5.41) is 17.5. The Balaban J connectivity index is 1.74. The van der Waals surface area contributed by atoms with Crippen molar-refractivity contribution >= 4 is 5.91 Å². The molecule has 1 fully saturated rings. The number of rotatable bonds is 5. The highest BCUT2D eigenvalue weighted by atomic mass is 16.5. The van der Waals surface area contributed by atoms with Crippen molar-refractivity contribution in [3.8, 4) is 0 Å². The predicted octanol–water partition coefficient (Wildman–Crippen LogP) is 1.52. The van der Waals surface area contributed by atoms with Crippen LogP contribution in [0.3, 0.4) is 0 Å². The maximum Gasteiger partial charge on any atom is 0.274 e. The van der Waals surface area contributed by atoms with Crippen molar-refractivity contribution in [1.82, 2.24) is 20.0 Å². The van der Waals surface area contributed by atoms with E-state index in [0.717, 1.165) is 18.7 Å². The van der Waals surface area contributed by atoms with Gasteiger partial charge in [-0.25, -0.2) is 4.98 Å². The van der Waals surface area contributed by atoms with E-state index in [4.69, 9.17) is 9.26 Å². The van der Waals surface area contributed by atoms with Gasteiger partial charge in [-0.2, -0.15) is 0 Å². The Kier molecular flexibility index (Phi) is 5.19. The number of hydrogen-bond acceptors (Lipinski definition) is 6. The van der Waals surface area contributed by atoms with E-state index in [9.17, 15) is 9.90 Å². The number of imidazole rings is 1. The highest BCUT2D eigenvalue weighted by molar-refractivity contribution is 5.94. The third-order valence-electron chi connectivity index (χ3n) is 4.85. The van der Waals surface area contributed by atoms with Crippen LogP contribution in [-0.4, -0.2) is 45.0 Å². The van der Waals surface area contributed by atoms with Gasteiger partial charge in [-0.1, -0.05) is 5.16 Å². The molecule has 0 bridgehead atoms. The van der Waals surface area contributed by atoms with Gasteiger partial charge in [-0.3, -0.25) is 4.79 Å². The molecule has 136 valence electrons. The number of nitrogens with zero attached hydrogens (tertiary/aromatic N) is 3. The molecule has 8 nitrogen and oxygen atoms in total. The van der Waals surface area contributed by atoms with E-state index < -0.39 is 6.10 Å². The van der Waals surface area contributed by atoms with E-state index >= 15 is 0 Å². The third-order valence-corrected chi connectivity index (χ3v) is 4.85. The fraction of sp³-hybridized carbons (Fsp3) is 0.588. The summed E-state index contributed by atoms with van der Waals surface area (Å²) in [5.74, 6) is 1.06. The number of aliphatic hydroxyl groups excluding tert-OH is 1. The van der Waals surface area contributed by atoms with Crippen molar-refractivity contribution in [3.05, 3.63) is 35.2 Å². The smallest absolute Gasteiger partial charge is 0.274 e. The van der Waals surface area contributed by atoms with Crippen LogP contribution in [0.2, 0.25) is 0 Å². The van der Waals surface area contributed by atoms with Crippen LogP contribution in [0.25, 0.3) is 0 Å². The number of carbonyl (C=O) groups excluding carboxylic acids is 1. The molecule has 3 rings (SSSR count). The van der Waals surface area contributed by atoms with Crippen LogP contribution in [0.4, 0.5) is 0 Å². The second-order valence-corrected chi connectivity index (χ2v) is 6.45. The van der Waals surface area contributed by atoms with Crippen molar-refractivity contribution < 1.29 is 19.2 Å². The molecule has 3 atom stereocenters. The fourth-order valence-corrected chi connectivity index (χ4v) is 3.48. The first-order valence-corrected chi connectivity index (χ1v) is 8.45. The summed E-state index contributed by atoms with van der Waals surface area (Å²) in [4.78, 5) is 16.8. The molecule has 1 aliphatic carbocycles. The molecular formula is C17H24N4O4. The van der Waals surface area contributed by atoms with Gasteiger partial charge in [0, 0.05) is 19.5 Å². The first-order valence-electron chi connectivity index (χ1n) is 8.45. The largest absolute Gasteiger partial charge is 0.389 e. The molecule has 0 aliphatic heterocycles. The van der Waals surface area contributed by atoms with Crippen molar-refractivity contribution in [1.29, 1.82) is 0 Å². The lowest BCUT2D eigenvalue weighted by Crippen LogP contribution is -2.49. The standard InChI is InChI=1S/C17H24N4O4/c1-10-12(9-24-3)15(20-25-10)17(23)19-13-5-4-6-14(16(13)22)21-8-7-18-11(21)2/h7-8,13-14,16,22H,4-6,9H2,1-3H3,(H,19,23)/t13-,14-,16-/m1/s1. The maximum atomic E-state index is 12.6. The summed E-state index contributed by atoms with van der Waals surface area (Å²) in [6.45, 7) is 3.90. The van der Waals surface area contributed by atoms with E-state index in [2.05, 4.69) is 15.5 Å². The second kappa shape index (κ2) is 7.37. The molecule has 0 saturated heterocycles. The zero-order valence-corrected chi connectivity index (χ0v) is 14.7. The normalized spacial score (nSPS) is 23.6. The lowest BCUT2D eigenvalue weighted by molar-refractivity contribution is 0.0389. The molecule has 0 unspecified atom stereocenters. The first-order chi connectivity index (χ1) is 12.0. The molecule has 8 heteroatoms. The van der Waals surface area contributed by atoms with Gasteiger partial charge < -0.3 is 24.3 Å². The van der Waals surface area contributed by atoms with Gasteiger partial charge in [-0.15, -0.1) is 0 Å². The van der Waals surface area contributed by atoms with E-state index in [-0.39, 0.29) is 30.3 Å². The Morgan fingerprint density at radius 3 is 2.96 bits per heavy atom. The summed E-state index contributed by atoms with van der Waals surface area (Å²) in [6.07, 6.45) is 5.37. The van der Waals surface area contributed by atoms with E-state index in [1.165, 1.54) is 0 Å². The second-order valence-electron chi connectivity index (χ2n) is 6.45. The SMILES string of the molecule is COCc1c(C(=O)N[C@@H]2CCC[C@@H](n3ccnc3C)[C@@H]2O)noc1C. The minimum atomic E-state index is -0.690. The van der Waals surface area contributed by atoms with Gasteiger partial charge in [-0.05, 0) is 33.1 Å². The van der Waals surface area contributed by atoms with Crippen LogP contribution < -0.4 is 5.32 Å². The molecule has 0 radical (unpaired) electrons. The molecule has 2 heterocycles. The lowest BCUT2D eigenvalue weighted by atomic mass is 9.87. The van der Waals surface area contributed by atoms with Crippen LogP contribution in [0, 0.1) is 13.8 Å². The quantitative estimate of drug-likeness (QED) is 0.849. The Hall–Kier alpha value is -2.19. The van der Waals surface area contributed by atoms with Crippen LogP contribution in [0.15, 0.2) is 16.9 Å². The molecule has 2 N–H and O–H groups in total. The van der Waals surface area contributed by atoms with Crippen LogP contribution in [0.1, 0.15) is 52.9 Å². The lowest BCUT2D eigenvalue weighted by Gasteiger charge is -2.36. The van der Waals surface area contributed by atoms with Crippen molar-refractivity contribution in [2.24, 2.45) is 0 Å². The molecule has 1 aliphatic rings. The summed E-state index contributed by atoms with van der Waals surface area (Å²) in [7, 11) is 1.55. The molecule has 25 heavy (non-hydrogen) atoms. The number of methoxy groups -OCH3 is 1. The summed E-state index contributed by atoms with van der Waals surface area (Å²) in [6, 6.07) is -0.445. The Morgan fingerprint density at radius 2 is 2.28 bits per heavy atom. The summed E-state index contributed by atoms with van der Waals surface area (Å²) < 4.78 is 12.2. The van der Waals surface area contributed by atoms with Gasteiger partial charge in [0.15, 0.2) is 5.69 Å². The number of hydrogen-bond donors (Lipinski definition) is 2. The minimum absolute atomic E-state index is 0.0981. The molecule has 2 aromatic heterocycles. The Morgan fingerprint density at radius 1 is 1.48 bits per heavy atom. The number of amides is 1. The van der Waals surface area contributed by atoms with Crippen LogP contribution >= 0.6 is 0 Å². The topological polar surface area (TPSA) is 102 Å². The van der Waals surface area contributed by atoms with E-state index in [1.807, 2.05) is 17.7 Å². The van der Waals surface area contributed by atoms with Crippen molar-refractivity contribution in [2.75, 3.05) is 7.11 Å². The predicted molar refractivity (Wildman–Crippen MR) is 89.1 cm³/mol. The molecular weight excluding hydrogens is 324 g/mol. The zero-order chi connectivity index (χ0) is 18.0. The Bertz CT molecular complexity index is 739. The van der Waals surface area contributed by atoms with Crippen LogP contribution in [0.5, 0.6) is 0 Å². The van der Waals surface area contributed by atoms with Gasteiger partial charge in [0.1, 0.15) is 11.6 Å². The average molecular weight is 348 g/mol. The number of ether oxygens (including phenoxy) is 1. The van der Waals surface area contributed by atoms with Crippen molar-refractivity contribution in [2.45, 2.75) is 57.9 Å². The number of carbonyl (C=O) groups is 1. The van der Waals surface area contributed by atoms with Crippen LogP contribution in [-0.2, 0) is 11.3 Å². The monoisotopic (exact) mass is 348 g/mol. The molecule has 1 amide bonds. The molecule has 1 saturated carbocycles. The number of nitrogens with one attached hydrogen (secondary N) is 1. The summed E-state index contributed by atoms with van der Waals surface area (Å²) >= 11 is 0.